The molecule has 0 atom stereocenters. The second-order valence-electron chi connectivity index (χ2n) is 5.49. The van der Waals surface area contributed by atoms with Gasteiger partial charge in [-0.2, -0.15) is 0 Å². The maximum atomic E-state index is 6.21. The number of hydrogen-bond donors (Lipinski definition) is 3. The van der Waals surface area contributed by atoms with Gasteiger partial charge in [0.25, 0.3) is 0 Å². The summed E-state index contributed by atoms with van der Waals surface area (Å²) in [6, 6.07) is 8.01. The number of fused-ring (bicyclic) bond motifs is 3. The SMILES string of the molecule is C=N/C=C\SCNc1cc(CCN)c2[nH]c3cc(Cl)c(Cl)cc3c2c1. The van der Waals surface area contributed by atoms with E-state index >= 15 is 0 Å². The quantitative estimate of drug-likeness (QED) is 0.286. The first kappa shape index (κ1) is 18.1. The Balaban J connectivity index is 2.03. The highest BCUT2D eigenvalue weighted by Crippen LogP contribution is 2.35. The van der Waals surface area contributed by atoms with E-state index in [0.717, 1.165) is 39.8 Å². The van der Waals surface area contributed by atoms with Crippen LogP contribution in [0.5, 0.6) is 0 Å². The van der Waals surface area contributed by atoms with E-state index in [-0.39, 0.29) is 0 Å². The lowest BCUT2D eigenvalue weighted by Gasteiger charge is -2.09. The Morgan fingerprint density at radius 1 is 1.20 bits per heavy atom. The predicted molar refractivity (Wildman–Crippen MR) is 113 cm³/mol. The van der Waals surface area contributed by atoms with E-state index in [9.17, 15) is 0 Å². The summed E-state index contributed by atoms with van der Waals surface area (Å²) in [5.74, 6) is 0.731. The zero-order valence-electron chi connectivity index (χ0n) is 13.5. The van der Waals surface area contributed by atoms with Gasteiger partial charge >= 0.3 is 0 Å². The van der Waals surface area contributed by atoms with Crippen LogP contribution in [0.4, 0.5) is 5.69 Å². The van der Waals surface area contributed by atoms with Crippen molar-refractivity contribution in [3.8, 4) is 0 Å². The van der Waals surface area contributed by atoms with Crippen molar-refractivity contribution in [3.05, 3.63) is 51.5 Å². The summed E-state index contributed by atoms with van der Waals surface area (Å²) < 4.78 is 0. The Bertz CT molecular complexity index is 949. The van der Waals surface area contributed by atoms with Crippen LogP contribution in [0.1, 0.15) is 5.56 Å². The Kier molecular flexibility index (Phi) is 5.91. The first-order chi connectivity index (χ1) is 12.1. The fraction of sp³-hybridized carbons (Fsp3) is 0.167. The Labute approximate surface area is 160 Å². The molecule has 3 rings (SSSR count). The summed E-state index contributed by atoms with van der Waals surface area (Å²) in [6.07, 6.45) is 2.45. The molecular weight excluding hydrogens is 375 g/mol. The number of rotatable bonds is 7. The first-order valence-corrected chi connectivity index (χ1v) is 9.54. The number of nitrogens with two attached hydrogens (primary N) is 1. The van der Waals surface area contributed by atoms with Crippen LogP contribution in [-0.2, 0) is 6.42 Å². The maximum absolute atomic E-state index is 6.21. The molecule has 0 saturated carbocycles. The van der Waals surface area contributed by atoms with Gasteiger partial charge in [-0.3, -0.25) is 4.99 Å². The molecule has 0 amide bonds. The molecule has 0 aliphatic carbocycles. The van der Waals surface area contributed by atoms with Gasteiger partial charge in [0, 0.05) is 33.7 Å². The van der Waals surface area contributed by atoms with E-state index in [1.54, 1.807) is 18.0 Å². The van der Waals surface area contributed by atoms with Crippen LogP contribution in [0.3, 0.4) is 0 Å². The second-order valence-corrected chi connectivity index (χ2v) is 7.20. The van der Waals surface area contributed by atoms with Crippen LogP contribution in [0.15, 0.2) is 40.9 Å². The number of halogens is 2. The Morgan fingerprint density at radius 2 is 2.00 bits per heavy atom. The molecule has 0 saturated heterocycles. The third-order valence-electron chi connectivity index (χ3n) is 3.87. The van der Waals surface area contributed by atoms with E-state index in [0.29, 0.717) is 16.6 Å². The molecule has 7 heteroatoms. The molecule has 0 bridgehead atoms. The van der Waals surface area contributed by atoms with E-state index in [1.165, 1.54) is 5.56 Å². The number of hydrogen-bond acceptors (Lipinski definition) is 4. The molecule has 3 aromatic rings. The summed E-state index contributed by atoms with van der Waals surface area (Å²) in [4.78, 5) is 7.13. The largest absolute Gasteiger partial charge is 0.376 e. The number of nitrogens with one attached hydrogen (secondary N) is 2. The number of thioether (sulfide) groups is 1. The molecule has 0 fully saturated rings. The molecule has 0 spiro atoms. The van der Waals surface area contributed by atoms with Crippen molar-refractivity contribution in [2.24, 2.45) is 10.7 Å². The van der Waals surface area contributed by atoms with Crippen molar-refractivity contribution in [2.75, 3.05) is 17.7 Å². The van der Waals surface area contributed by atoms with Crippen LogP contribution in [-0.4, -0.2) is 24.1 Å². The van der Waals surface area contributed by atoms with Gasteiger partial charge in [0.05, 0.1) is 15.9 Å². The molecule has 25 heavy (non-hydrogen) atoms. The third-order valence-corrected chi connectivity index (χ3v) is 5.21. The number of aromatic nitrogens is 1. The highest BCUT2D eigenvalue weighted by molar-refractivity contribution is 8.02. The van der Waals surface area contributed by atoms with Crippen LogP contribution in [0.2, 0.25) is 10.0 Å². The number of aliphatic imine (C=N–C) groups is 1. The minimum Gasteiger partial charge on any atom is -0.376 e. The number of nitrogens with zero attached hydrogens (tertiary/aromatic N) is 1. The highest BCUT2D eigenvalue weighted by Gasteiger charge is 2.12. The van der Waals surface area contributed by atoms with Crippen LogP contribution in [0, 0.1) is 0 Å². The van der Waals surface area contributed by atoms with Gasteiger partial charge in [-0.25, -0.2) is 0 Å². The number of aromatic amines is 1. The Hall–Kier alpha value is -1.66. The van der Waals surface area contributed by atoms with Gasteiger partial charge in [-0.15, -0.1) is 11.8 Å². The zero-order valence-corrected chi connectivity index (χ0v) is 15.8. The summed E-state index contributed by atoms with van der Waals surface area (Å²) >= 11 is 14.0. The van der Waals surface area contributed by atoms with Crippen molar-refractivity contribution in [1.29, 1.82) is 0 Å². The van der Waals surface area contributed by atoms with Gasteiger partial charge in [-0.1, -0.05) is 23.2 Å². The van der Waals surface area contributed by atoms with Crippen molar-refractivity contribution in [2.45, 2.75) is 6.42 Å². The monoisotopic (exact) mass is 392 g/mol. The standard InChI is InChI=1S/C18H18Cl2N4S/c1-22-4-5-25-10-23-12-6-11(2-3-21)18-14(7-12)13-8-15(19)16(20)9-17(13)24-18/h4-9,23-24H,1-3,10,21H2/b5-4-. The maximum Gasteiger partial charge on any atom is 0.0651 e. The first-order valence-electron chi connectivity index (χ1n) is 7.73. The molecule has 4 nitrogen and oxygen atoms in total. The third kappa shape index (κ3) is 3.96. The van der Waals surface area contributed by atoms with Crippen LogP contribution >= 0.6 is 35.0 Å². The van der Waals surface area contributed by atoms with Crippen molar-refractivity contribution in [1.82, 2.24) is 4.98 Å². The number of anilines is 1. The molecule has 130 valence electrons. The van der Waals surface area contributed by atoms with E-state index in [1.807, 2.05) is 17.5 Å². The Morgan fingerprint density at radius 3 is 2.76 bits per heavy atom. The average molecular weight is 393 g/mol. The smallest absolute Gasteiger partial charge is 0.0651 e. The zero-order chi connectivity index (χ0) is 17.8. The van der Waals surface area contributed by atoms with E-state index < -0.39 is 0 Å². The summed E-state index contributed by atoms with van der Waals surface area (Å²) in [5, 5.41) is 8.55. The summed E-state index contributed by atoms with van der Waals surface area (Å²) in [6.45, 7) is 3.99. The fourth-order valence-corrected chi connectivity index (χ4v) is 3.63. The van der Waals surface area contributed by atoms with Gasteiger partial charge in [0.1, 0.15) is 0 Å². The minimum atomic E-state index is 0.540. The second kappa shape index (κ2) is 8.15. The summed E-state index contributed by atoms with van der Waals surface area (Å²) in [7, 11) is 0. The normalized spacial score (nSPS) is 11.6. The van der Waals surface area contributed by atoms with Crippen molar-refractivity contribution in [3.63, 3.8) is 0 Å². The lowest BCUT2D eigenvalue weighted by Crippen LogP contribution is -2.04. The molecule has 4 N–H and O–H groups in total. The molecule has 0 unspecified atom stereocenters. The number of benzene rings is 2. The molecule has 0 aliphatic rings. The lowest BCUT2D eigenvalue weighted by atomic mass is 10.1. The minimum absolute atomic E-state index is 0.540. The molecule has 1 aromatic heterocycles. The van der Waals surface area contributed by atoms with Gasteiger partial charge in [0.15, 0.2) is 0 Å². The van der Waals surface area contributed by atoms with Crippen LogP contribution in [0.25, 0.3) is 21.8 Å². The molecule has 2 aromatic carbocycles. The summed E-state index contributed by atoms with van der Waals surface area (Å²) in [5.41, 5.74) is 10.0. The lowest BCUT2D eigenvalue weighted by molar-refractivity contribution is 0.975. The van der Waals surface area contributed by atoms with E-state index in [2.05, 4.69) is 34.1 Å². The van der Waals surface area contributed by atoms with E-state index in [4.69, 9.17) is 28.9 Å². The van der Waals surface area contributed by atoms with Crippen molar-refractivity contribution < 1.29 is 0 Å². The van der Waals surface area contributed by atoms with Crippen molar-refractivity contribution >= 4 is 69.2 Å². The van der Waals surface area contributed by atoms with Crippen LogP contribution < -0.4 is 11.1 Å². The topological polar surface area (TPSA) is 66.2 Å². The molecule has 1 heterocycles. The number of H-pyrrole nitrogens is 1. The fourth-order valence-electron chi connectivity index (χ4n) is 2.78. The average Bonchev–Trinajstić information content (AvgIpc) is 2.93. The van der Waals surface area contributed by atoms with Gasteiger partial charge in [-0.05, 0) is 54.9 Å². The molecule has 0 aliphatic heterocycles. The van der Waals surface area contributed by atoms with Gasteiger partial charge in [0.2, 0.25) is 0 Å². The highest BCUT2D eigenvalue weighted by atomic mass is 35.5. The van der Waals surface area contributed by atoms with Gasteiger partial charge < -0.3 is 16.0 Å². The molecular formula is C18H18Cl2N4S. The molecule has 0 radical (unpaired) electrons. The predicted octanol–water partition coefficient (Wildman–Crippen LogP) is 5.40.